The first-order valence-electron chi connectivity index (χ1n) is 7.67. The predicted octanol–water partition coefficient (Wildman–Crippen LogP) is -0.00370. The quantitative estimate of drug-likeness (QED) is 0.525. The number of carbonyl (C=O) groups excluding carboxylic acids is 1. The molecule has 0 aromatic carbocycles. The fraction of sp³-hybridized carbons (Fsp3) is 0.867. The average molecular weight is 317 g/mol. The molecule has 6 unspecified atom stereocenters. The molecule has 4 N–H and O–H groups in total. The second-order valence-corrected chi connectivity index (χ2v) is 6.02. The molecule has 0 radical (unpaired) electrons. The molecule has 22 heavy (non-hydrogen) atoms. The van der Waals surface area contributed by atoms with Crippen LogP contribution in [0.2, 0.25) is 0 Å². The van der Waals surface area contributed by atoms with Crippen molar-refractivity contribution in [2.45, 2.75) is 51.4 Å². The topological polar surface area (TPSA) is 116 Å². The van der Waals surface area contributed by atoms with Gasteiger partial charge in [-0.3, -0.25) is 9.59 Å². The molecular formula is C15H27NO6. The SMILES string of the molecule is CCC1CC(C(=O)O)CC(C(OC)C(O)CO)C1NC(C)=O. The number of amides is 1. The van der Waals surface area contributed by atoms with Crippen LogP contribution in [0.5, 0.6) is 0 Å². The van der Waals surface area contributed by atoms with Gasteiger partial charge >= 0.3 is 5.97 Å². The van der Waals surface area contributed by atoms with Gasteiger partial charge in [-0.15, -0.1) is 0 Å². The second kappa shape index (κ2) is 8.45. The number of carboxylic acids is 1. The molecule has 1 aliphatic carbocycles. The third kappa shape index (κ3) is 4.41. The van der Waals surface area contributed by atoms with Crippen molar-refractivity contribution in [1.82, 2.24) is 5.32 Å². The van der Waals surface area contributed by atoms with Gasteiger partial charge in [0.1, 0.15) is 6.10 Å². The molecule has 1 rings (SSSR count). The Hall–Kier alpha value is -1.18. The summed E-state index contributed by atoms with van der Waals surface area (Å²) in [5.74, 6) is -1.99. The minimum Gasteiger partial charge on any atom is -0.481 e. The number of aliphatic hydroxyl groups is 2. The molecule has 0 saturated heterocycles. The van der Waals surface area contributed by atoms with Crippen molar-refractivity contribution in [2.24, 2.45) is 17.8 Å². The summed E-state index contributed by atoms with van der Waals surface area (Å²) in [6.45, 7) is 2.89. The third-order valence-electron chi connectivity index (χ3n) is 4.62. The molecule has 0 bridgehead atoms. The molecule has 6 atom stereocenters. The Morgan fingerprint density at radius 3 is 2.41 bits per heavy atom. The van der Waals surface area contributed by atoms with E-state index in [-0.39, 0.29) is 23.8 Å². The number of aliphatic carboxylic acids is 1. The highest BCUT2D eigenvalue weighted by Crippen LogP contribution is 2.39. The number of rotatable bonds is 7. The lowest BCUT2D eigenvalue weighted by molar-refractivity contribution is -0.148. The summed E-state index contributed by atoms with van der Waals surface area (Å²) in [7, 11) is 1.42. The maximum atomic E-state index is 11.5. The zero-order valence-corrected chi connectivity index (χ0v) is 13.4. The van der Waals surface area contributed by atoms with Gasteiger partial charge in [0, 0.05) is 26.0 Å². The molecule has 1 saturated carbocycles. The minimum absolute atomic E-state index is 0.00714. The van der Waals surface area contributed by atoms with Gasteiger partial charge in [-0.25, -0.2) is 0 Å². The van der Waals surface area contributed by atoms with E-state index in [1.54, 1.807) is 0 Å². The molecule has 1 amide bonds. The number of carboxylic acid groups (broad SMARTS) is 1. The number of carbonyl (C=O) groups is 2. The van der Waals surface area contributed by atoms with E-state index in [4.69, 9.17) is 4.74 Å². The first-order chi connectivity index (χ1) is 10.3. The highest BCUT2D eigenvalue weighted by Gasteiger charge is 2.45. The van der Waals surface area contributed by atoms with Gasteiger partial charge in [-0.2, -0.15) is 0 Å². The minimum atomic E-state index is -1.11. The van der Waals surface area contributed by atoms with Crippen LogP contribution in [0.3, 0.4) is 0 Å². The molecule has 1 aliphatic rings. The van der Waals surface area contributed by atoms with Crippen LogP contribution in [0.1, 0.15) is 33.1 Å². The smallest absolute Gasteiger partial charge is 0.306 e. The Labute approximate surface area is 130 Å². The Kier molecular flexibility index (Phi) is 7.25. The Morgan fingerprint density at radius 2 is 2.00 bits per heavy atom. The lowest BCUT2D eigenvalue weighted by Crippen LogP contribution is -2.56. The highest BCUT2D eigenvalue weighted by atomic mass is 16.5. The molecule has 1 fully saturated rings. The largest absolute Gasteiger partial charge is 0.481 e. The van der Waals surface area contributed by atoms with Crippen LogP contribution in [-0.4, -0.2) is 59.2 Å². The molecule has 0 aliphatic heterocycles. The van der Waals surface area contributed by atoms with Crippen molar-refractivity contribution in [3.05, 3.63) is 0 Å². The number of hydrogen-bond donors (Lipinski definition) is 4. The van der Waals surface area contributed by atoms with E-state index in [1.807, 2.05) is 6.92 Å². The Bertz CT molecular complexity index is 388. The summed E-state index contributed by atoms with van der Waals surface area (Å²) in [5.41, 5.74) is 0. The Morgan fingerprint density at radius 1 is 1.36 bits per heavy atom. The zero-order valence-electron chi connectivity index (χ0n) is 13.4. The van der Waals surface area contributed by atoms with Crippen LogP contribution in [0.25, 0.3) is 0 Å². The standard InChI is InChI=1S/C15H27NO6/c1-4-9-5-10(15(20)21)6-11(13(9)16-8(2)18)14(22-3)12(19)7-17/h9-14,17,19H,4-7H2,1-3H3,(H,16,18)(H,20,21). The molecule has 0 spiro atoms. The maximum absolute atomic E-state index is 11.5. The van der Waals surface area contributed by atoms with Crippen molar-refractivity contribution in [2.75, 3.05) is 13.7 Å². The van der Waals surface area contributed by atoms with Crippen LogP contribution >= 0.6 is 0 Å². The van der Waals surface area contributed by atoms with Crippen LogP contribution in [-0.2, 0) is 14.3 Å². The molecule has 128 valence electrons. The van der Waals surface area contributed by atoms with Crippen molar-refractivity contribution in [3.8, 4) is 0 Å². The summed E-state index contributed by atoms with van der Waals surface area (Å²) in [6.07, 6.45) is -0.336. The summed E-state index contributed by atoms with van der Waals surface area (Å²) in [6, 6.07) is -0.274. The summed E-state index contributed by atoms with van der Waals surface area (Å²) >= 11 is 0. The van der Waals surface area contributed by atoms with E-state index >= 15 is 0 Å². The van der Waals surface area contributed by atoms with Gasteiger partial charge in [0.05, 0.1) is 18.6 Å². The van der Waals surface area contributed by atoms with Crippen molar-refractivity contribution in [3.63, 3.8) is 0 Å². The first-order valence-corrected chi connectivity index (χ1v) is 7.67. The fourth-order valence-electron chi connectivity index (χ4n) is 3.57. The van der Waals surface area contributed by atoms with Crippen LogP contribution in [0.15, 0.2) is 0 Å². The van der Waals surface area contributed by atoms with E-state index in [0.29, 0.717) is 12.8 Å². The van der Waals surface area contributed by atoms with Crippen LogP contribution in [0, 0.1) is 17.8 Å². The molecular weight excluding hydrogens is 290 g/mol. The predicted molar refractivity (Wildman–Crippen MR) is 79.1 cm³/mol. The van der Waals surface area contributed by atoms with E-state index in [9.17, 15) is 24.9 Å². The summed E-state index contributed by atoms with van der Waals surface area (Å²) in [4.78, 5) is 22.9. The normalized spacial score (nSPS) is 31.3. The molecule has 7 nitrogen and oxygen atoms in total. The lowest BCUT2D eigenvalue weighted by Gasteiger charge is -2.44. The van der Waals surface area contributed by atoms with Crippen molar-refractivity contribution < 1.29 is 29.6 Å². The van der Waals surface area contributed by atoms with E-state index in [2.05, 4.69) is 5.32 Å². The monoisotopic (exact) mass is 317 g/mol. The number of hydrogen-bond acceptors (Lipinski definition) is 5. The number of methoxy groups -OCH3 is 1. The van der Waals surface area contributed by atoms with Gasteiger partial charge in [0.25, 0.3) is 0 Å². The van der Waals surface area contributed by atoms with Gasteiger partial charge in [-0.1, -0.05) is 13.3 Å². The number of nitrogens with one attached hydrogen (secondary N) is 1. The lowest BCUT2D eigenvalue weighted by atomic mass is 9.68. The van der Waals surface area contributed by atoms with Gasteiger partial charge in [-0.05, 0) is 18.8 Å². The molecule has 7 heteroatoms. The molecule has 0 aromatic heterocycles. The number of ether oxygens (including phenoxy) is 1. The average Bonchev–Trinajstić information content (AvgIpc) is 2.48. The van der Waals surface area contributed by atoms with E-state index < -0.39 is 30.7 Å². The van der Waals surface area contributed by atoms with Gasteiger partial charge in [0.2, 0.25) is 5.91 Å². The number of aliphatic hydroxyl groups excluding tert-OH is 2. The second-order valence-electron chi connectivity index (χ2n) is 6.02. The third-order valence-corrected chi connectivity index (χ3v) is 4.62. The van der Waals surface area contributed by atoms with E-state index in [1.165, 1.54) is 14.0 Å². The van der Waals surface area contributed by atoms with Gasteiger partial charge in [0.15, 0.2) is 0 Å². The first kappa shape index (κ1) is 18.9. The maximum Gasteiger partial charge on any atom is 0.306 e. The van der Waals surface area contributed by atoms with Crippen LogP contribution < -0.4 is 5.32 Å². The van der Waals surface area contributed by atoms with E-state index in [0.717, 1.165) is 6.42 Å². The molecule has 0 aromatic rings. The highest BCUT2D eigenvalue weighted by molar-refractivity contribution is 5.73. The van der Waals surface area contributed by atoms with Crippen molar-refractivity contribution >= 4 is 11.9 Å². The van der Waals surface area contributed by atoms with Crippen molar-refractivity contribution in [1.29, 1.82) is 0 Å². The summed E-state index contributed by atoms with van der Waals surface area (Å²) in [5, 5.41) is 31.4. The van der Waals surface area contributed by atoms with Crippen LogP contribution in [0.4, 0.5) is 0 Å². The fourth-order valence-corrected chi connectivity index (χ4v) is 3.57. The molecule has 0 heterocycles. The van der Waals surface area contributed by atoms with Gasteiger partial charge < -0.3 is 25.4 Å². The Balaban J connectivity index is 3.10. The zero-order chi connectivity index (χ0) is 16.9. The summed E-state index contributed by atoms with van der Waals surface area (Å²) < 4.78 is 5.32.